The fourth-order valence-corrected chi connectivity index (χ4v) is 4.22. The Morgan fingerprint density at radius 3 is 2.56 bits per heavy atom. The van der Waals surface area contributed by atoms with Gasteiger partial charge in [0.15, 0.2) is 0 Å². The molecule has 2 aromatic rings. The Morgan fingerprint density at radius 2 is 1.93 bits per heavy atom. The predicted octanol–water partition coefficient (Wildman–Crippen LogP) is 2.95. The Balaban J connectivity index is 1.81. The number of fused-ring (bicyclic) bond motifs is 1. The number of carbonyl (C=O) groups excluding carboxylic acids is 1. The molecule has 3 rings (SSSR count). The van der Waals surface area contributed by atoms with Crippen LogP contribution in [0.2, 0.25) is 0 Å². The second kappa shape index (κ2) is 7.36. The number of hydrogen-bond donors (Lipinski definition) is 1. The monoisotopic (exact) mass is 389 g/mol. The molecule has 1 heterocycles. The van der Waals surface area contributed by atoms with E-state index in [1.54, 1.807) is 25.1 Å². The normalized spacial score (nSPS) is 13.7. The minimum atomic E-state index is -3.33. The lowest BCUT2D eigenvalue weighted by Gasteiger charge is -2.30. The van der Waals surface area contributed by atoms with Crippen molar-refractivity contribution in [2.45, 2.75) is 19.8 Å². The van der Waals surface area contributed by atoms with Crippen molar-refractivity contribution in [3.05, 3.63) is 63.7 Å². The SMILES string of the molecule is CCS(=O)(=O)N1CCCc2cc(NC(=O)c3ccc([N+](=O)[O-])cc3)ccc21. The van der Waals surface area contributed by atoms with Crippen molar-refractivity contribution in [3.63, 3.8) is 0 Å². The summed E-state index contributed by atoms with van der Waals surface area (Å²) in [6, 6.07) is 10.5. The van der Waals surface area contributed by atoms with Crippen molar-refractivity contribution in [1.82, 2.24) is 0 Å². The van der Waals surface area contributed by atoms with Crippen molar-refractivity contribution in [3.8, 4) is 0 Å². The highest BCUT2D eigenvalue weighted by atomic mass is 32.2. The number of nitro groups is 1. The molecule has 142 valence electrons. The molecular weight excluding hydrogens is 370 g/mol. The number of benzene rings is 2. The zero-order valence-corrected chi connectivity index (χ0v) is 15.5. The average molecular weight is 389 g/mol. The second-order valence-electron chi connectivity index (χ2n) is 6.18. The summed E-state index contributed by atoms with van der Waals surface area (Å²) in [5, 5.41) is 13.4. The number of nitro benzene ring substituents is 1. The van der Waals surface area contributed by atoms with Gasteiger partial charge in [0.1, 0.15) is 0 Å². The molecule has 27 heavy (non-hydrogen) atoms. The summed E-state index contributed by atoms with van der Waals surface area (Å²) < 4.78 is 25.9. The third-order valence-corrected chi connectivity index (χ3v) is 6.23. The molecule has 1 amide bonds. The maximum atomic E-state index is 12.3. The van der Waals surface area contributed by atoms with Crippen molar-refractivity contribution in [2.24, 2.45) is 0 Å². The smallest absolute Gasteiger partial charge is 0.269 e. The van der Waals surface area contributed by atoms with E-state index in [1.165, 1.54) is 28.6 Å². The minimum absolute atomic E-state index is 0.0328. The molecule has 2 aromatic carbocycles. The first-order chi connectivity index (χ1) is 12.8. The van der Waals surface area contributed by atoms with Gasteiger partial charge in [-0.15, -0.1) is 0 Å². The molecule has 0 spiro atoms. The molecule has 0 aliphatic carbocycles. The molecule has 1 aliphatic heterocycles. The van der Waals surface area contributed by atoms with Gasteiger partial charge in [-0.05, 0) is 55.7 Å². The van der Waals surface area contributed by atoms with Crippen LogP contribution in [0.25, 0.3) is 0 Å². The molecule has 0 bridgehead atoms. The predicted molar refractivity (Wildman–Crippen MR) is 103 cm³/mol. The zero-order valence-electron chi connectivity index (χ0n) is 14.7. The molecule has 1 aliphatic rings. The van der Waals surface area contributed by atoms with Crippen LogP contribution < -0.4 is 9.62 Å². The van der Waals surface area contributed by atoms with E-state index in [9.17, 15) is 23.3 Å². The Morgan fingerprint density at radius 1 is 1.22 bits per heavy atom. The van der Waals surface area contributed by atoms with Gasteiger partial charge in [-0.3, -0.25) is 19.2 Å². The molecule has 0 atom stereocenters. The lowest BCUT2D eigenvalue weighted by Crippen LogP contribution is -2.36. The fourth-order valence-electron chi connectivity index (χ4n) is 3.02. The molecule has 0 radical (unpaired) electrons. The first kappa shape index (κ1) is 18.8. The van der Waals surface area contributed by atoms with Gasteiger partial charge in [0.05, 0.1) is 16.4 Å². The van der Waals surface area contributed by atoms with Crippen molar-refractivity contribution in [2.75, 3.05) is 21.9 Å². The van der Waals surface area contributed by atoms with Crippen molar-refractivity contribution >= 4 is 33.0 Å². The summed E-state index contributed by atoms with van der Waals surface area (Å²) in [5.41, 5.74) is 2.27. The van der Waals surface area contributed by atoms with Gasteiger partial charge in [0.25, 0.3) is 11.6 Å². The number of sulfonamides is 1. The van der Waals surface area contributed by atoms with Crippen molar-refractivity contribution in [1.29, 1.82) is 0 Å². The van der Waals surface area contributed by atoms with Gasteiger partial charge in [-0.2, -0.15) is 0 Å². The number of aryl methyl sites for hydroxylation is 1. The largest absolute Gasteiger partial charge is 0.322 e. The van der Waals surface area contributed by atoms with Crippen LogP contribution in [0.5, 0.6) is 0 Å². The highest BCUT2D eigenvalue weighted by Gasteiger charge is 2.26. The standard InChI is InChI=1S/C18H19N3O5S/c1-2-27(25,26)20-11-3-4-14-12-15(7-10-17(14)20)19-18(22)13-5-8-16(9-6-13)21(23)24/h5-10,12H,2-4,11H2,1H3,(H,19,22). The fraction of sp³-hybridized carbons (Fsp3) is 0.278. The zero-order chi connectivity index (χ0) is 19.6. The number of rotatable bonds is 5. The van der Waals surface area contributed by atoms with E-state index in [0.717, 1.165) is 12.0 Å². The molecule has 0 unspecified atom stereocenters. The number of nitrogens with zero attached hydrogens (tertiary/aromatic N) is 2. The van der Waals surface area contributed by atoms with Gasteiger partial charge in [-0.25, -0.2) is 8.42 Å². The van der Waals surface area contributed by atoms with Gasteiger partial charge in [-0.1, -0.05) is 0 Å². The molecule has 8 nitrogen and oxygen atoms in total. The van der Waals surface area contributed by atoms with E-state index in [1.807, 2.05) is 0 Å². The Bertz CT molecular complexity index is 987. The number of anilines is 2. The Kier molecular flexibility index (Phi) is 5.13. The van der Waals surface area contributed by atoms with E-state index in [2.05, 4.69) is 5.32 Å². The van der Waals surface area contributed by atoms with Crippen LogP contribution in [0.15, 0.2) is 42.5 Å². The Hall–Kier alpha value is -2.94. The summed E-state index contributed by atoms with van der Waals surface area (Å²) in [4.78, 5) is 22.5. The number of hydrogen-bond acceptors (Lipinski definition) is 5. The van der Waals surface area contributed by atoms with E-state index in [4.69, 9.17) is 0 Å². The van der Waals surface area contributed by atoms with Gasteiger partial charge in [0.2, 0.25) is 10.0 Å². The topological polar surface area (TPSA) is 110 Å². The molecule has 0 saturated carbocycles. The van der Waals surface area contributed by atoms with E-state index < -0.39 is 20.9 Å². The van der Waals surface area contributed by atoms with Crippen LogP contribution in [-0.2, 0) is 16.4 Å². The summed E-state index contributed by atoms with van der Waals surface area (Å²) in [5.74, 6) is -0.357. The minimum Gasteiger partial charge on any atom is -0.322 e. The summed E-state index contributed by atoms with van der Waals surface area (Å²) in [6.07, 6.45) is 1.44. The lowest BCUT2D eigenvalue weighted by molar-refractivity contribution is -0.384. The molecule has 0 fully saturated rings. The number of non-ortho nitro benzene ring substituents is 1. The van der Waals surface area contributed by atoms with Crippen LogP contribution >= 0.6 is 0 Å². The highest BCUT2D eigenvalue weighted by Crippen LogP contribution is 2.32. The third-order valence-electron chi connectivity index (χ3n) is 4.45. The average Bonchev–Trinajstić information content (AvgIpc) is 2.67. The van der Waals surface area contributed by atoms with E-state index in [0.29, 0.717) is 29.9 Å². The highest BCUT2D eigenvalue weighted by molar-refractivity contribution is 7.92. The Labute approximate surface area is 157 Å². The number of carbonyl (C=O) groups is 1. The molecule has 9 heteroatoms. The van der Waals surface area contributed by atoms with Gasteiger partial charge < -0.3 is 5.32 Å². The maximum absolute atomic E-state index is 12.3. The second-order valence-corrected chi connectivity index (χ2v) is 8.36. The van der Waals surface area contributed by atoms with Crippen LogP contribution in [0.1, 0.15) is 29.3 Å². The quantitative estimate of drug-likeness (QED) is 0.624. The van der Waals surface area contributed by atoms with Gasteiger partial charge >= 0.3 is 0 Å². The lowest BCUT2D eigenvalue weighted by atomic mass is 10.0. The van der Waals surface area contributed by atoms with Crippen molar-refractivity contribution < 1.29 is 18.1 Å². The summed E-state index contributed by atoms with van der Waals surface area (Å²) >= 11 is 0. The maximum Gasteiger partial charge on any atom is 0.269 e. The van der Waals surface area contributed by atoms with Crippen LogP contribution in [-0.4, -0.2) is 31.5 Å². The summed E-state index contributed by atoms with van der Waals surface area (Å²) in [7, 11) is -3.33. The first-order valence-electron chi connectivity index (χ1n) is 8.51. The van der Waals surface area contributed by atoms with Crippen LogP contribution in [0, 0.1) is 10.1 Å². The molecule has 0 saturated heterocycles. The first-order valence-corrected chi connectivity index (χ1v) is 10.1. The summed E-state index contributed by atoms with van der Waals surface area (Å²) in [6.45, 7) is 2.07. The van der Waals surface area contributed by atoms with E-state index in [-0.39, 0.29) is 11.4 Å². The van der Waals surface area contributed by atoms with Gasteiger partial charge in [0, 0.05) is 29.9 Å². The third kappa shape index (κ3) is 3.92. The number of amides is 1. The molecule has 1 N–H and O–H groups in total. The molecule has 0 aromatic heterocycles. The van der Waals surface area contributed by atoms with Crippen LogP contribution in [0.3, 0.4) is 0 Å². The van der Waals surface area contributed by atoms with Crippen LogP contribution in [0.4, 0.5) is 17.1 Å². The number of nitrogens with one attached hydrogen (secondary N) is 1. The van der Waals surface area contributed by atoms with E-state index >= 15 is 0 Å². The molecular formula is C18H19N3O5S.